The number of sulfonamides is 1. The van der Waals surface area contributed by atoms with Crippen LogP contribution in [-0.4, -0.2) is 29.1 Å². The molecule has 8 heteroatoms. The average Bonchev–Trinajstić information content (AvgIpc) is 3.16. The molecule has 1 aromatic heterocycles. The minimum absolute atomic E-state index is 0.0155. The third kappa shape index (κ3) is 5.52. The number of nitrogens with zero attached hydrogens (tertiary/aromatic N) is 2. The van der Waals surface area contributed by atoms with E-state index in [-0.39, 0.29) is 12.4 Å². The highest BCUT2D eigenvalue weighted by molar-refractivity contribution is 7.89. The van der Waals surface area contributed by atoms with E-state index in [4.69, 9.17) is 4.74 Å². The van der Waals surface area contributed by atoms with Gasteiger partial charge >= 0.3 is 0 Å². The van der Waals surface area contributed by atoms with Crippen molar-refractivity contribution in [1.82, 2.24) is 14.5 Å². The van der Waals surface area contributed by atoms with Gasteiger partial charge in [-0.25, -0.2) is 17.8 Å². The fourth-order valence-electron chi connectivity index (χ4n) is 3.22. The second kappa shape index (κ2) is 9.21. The van der Waals surface area contributed by atoms with E-state index >= 15 is 0 Å². The summed E-state index contributed by atoms with van der Waals surface area (Å²) < 4.78 is 34.7. The highest BCUT2D eigenvalue weighted by Gasteiger charge is 2.26. The Morgan fingerprint density at radius 2 is 1.81 bits per heavy atom. The van der Waals surface area contributed by atoms with Crippen molar-refractivity contribution in [2.45, 2.75) is 46.4 Å². The maximum atomic E-state index is 12.1. The zero-order valence-corrected chi connectivity index (χ0v) is 19.1. The summed E-state index contributed by atoms with van der Waals surface area (Å²) in [7, 11) is -3.35. The van der Waals surface area contributed by atoms with Crippen LogP contribution in [0.25, 0.3) is 11.3 Å². The number of aromatic nitrogens is 2. The van der Waals surface area contributed by atoms with Gasteiger partial charge in [-0.2, -0.15) is 5.10 Å². The van der Waals surface area contributed by atoms with Gasteiger partial charge in [0.25, 0.3) is 0 Å². The van der Waals surface area contributed by atoms with Crippen molar-refractivity contribution in [3.05, 3.63) is 65.7 Å². The van der Waals surface area contributed by atoms with Crippen molar-refractivity contribution in [2.75, 3.05) is 5.75 Å². The molecule has 2 aromatic carbocycles. The fourth-order valence-corrected chi connectivity index (χ4v) is 4.26. The highest BCUT2D eigenvalue weighted by Crippen LogP contribution is 2.30. The molecule has 0 saturated carbocycles. The molecule has 0 atom stereocenters. The van der Waals surface area contributed by atoms with Gasteiger partial charge in [-0.1, -0.05) is 30.3 Å². The standard InChI is InChI=1S/C23H29N3O4S/c1-5-26-22(30-20-12-10-17(16-27)11-13-20)15-21(24-26)18-8-7-9-19(14-18)23(3,4)25-31(28,29)6-2/h7-15,25,27H,5-6,16H2,1-4H3. The summed E-state index contributed by atoms with van der Waals surface area (Å²) in [5.41, 5.74) is 2.51. The lowest BCUT2D eigenvalue weighted by molar-refractivity contribution is 0.281. The third-order valence-electron chi connectivity index (χ3n) is 5.04. The van der Waals surface area contributed by atoms with E-state index in [1.165, 1.54) is 0 Å². The number of hydrogen-bond acceptors (Lipinski definition) is 5. The van der Waals surface area contributed by atoms with Crippen LogP contribution in [-0.2, 0) is 28.7 Å². The summed E-state index contributed by atoms with van der Waals surface area (Å²) in [4.78, 5) is 0. The molecule has 7 nitrogen and oxygen atoms in total. The first-order valence-corrected chi connectivity index (χ1v) is 11.9. The Kier molecular flexibility index (Phi) is 6.83. The van der Waals surface area contributed by atoms with Crippen molar-refractivity contribution >= 4 is 10.0 Å². The molecule has 3 aromatic rings. The van der Waals surface area contributed by atoms with Crippen LogP contribution in [0.2, 0.25) is 0 Å². The van der Waals surface area contributed by atoms with Crippen LogP contribution in [0.5, 0.6) is 11.6 Å². The van der Waals surface area contributed by atoms with Gasteiger partial charge in [0.05, 0.1) is 23.6 Å². The summed E-state index contributed by atoms with van der Waals surface area (Å²) in [5.74, 6) is 1.28. The summed E-state index contributed by atoms with van der Waals surface area (Å²) in [6.45, 7) is 7.90. The molecule has 3 rings (SSSR count). The normalized spacial score (nSPS) is 12.2. The van der Waals surface area contributed by atoms with Gasteiger partial charge in [-0.3, -0.25) is 0 Å². The van der Waals surface area contributed by atoms with Crippen LogP contribution in [0.3, 0.4) is 0 Å². The molecule has 0 unspecified atom stereocenters. The van der Waals surface area contributed by atoms with Crippen LogP contribution < -0.4 is 9.46 Å². The van der Waals surface area contributed by atoms with E-state index < -0.39 is 15.6 Å². The Bertz CT molecular complexity index is 1140. The van der Waals surface area contributed by atoms with Gasteiger partial charge < -0.3 is 9.84 Å². The van der Waals surface area contributed by atoms with Crippen molar-refractivity contribution < 1.29 is 18.3 Å². The molecule has 1 heterocycles. The van der Waals surface area contributed by atoms with Gasteiger partial charge in [0, 0.05) is 18.2 Å². The van der Waals surface area contributed by atoms with Crippen molar-refractivity contribution in [3.63, 3.8) is 0 Å². The van der Waals surface area contributed by atoms with Gasteiger partial charge in [0.1, 0.15) is 5.75 Å². The summed E-state index contributed by atoms with van der Waals surface area (Å²) >= 11 is 0. The van der Waals surface area contributed by atoms with Crippen molar-refractivity contribution in [2.24, 2.45) is 0 Å². The topological polar surface area (TPSA) is 93.5 Å². The monoisotopic (exact) mass is 443 g/mol. The summed E-state index contributed by atoms with van der Waals surface area (Å²) in [6, 6.07) is 16.8. The lowest BCUT2D eigenvalue weighted by Gasteiger charge is -2.26. The van der Waals surface area contributed by atoms with Crippen LogP contribution >= 0.6 is 0 Å². The Morgan fingerprint density at radius 3 is 2.42 bits per heavy atom. The molecule has 2 N–H and O–H groups in total. The predicted molar refractivity (Wildman–Crippen MR) is 121 cm³/mol. The molecule has 0 saturated heterocycles. The largest absolute Gasteiger partial charge is 0.439 e. The molecule has 0 spiro atoms. The van der Waals surface area contributed by atoms with Crippen molar-refractivity contribution in [3.8, 4) is 22.9 Å². The molecular formula is C23H29N3O4S. The SMILES string of the molecule is CCn1nc(-c2cccc(C(C)(C)NS(=O)(=O)CC)c2)cc1Oc1ccc(CO)cc1. The predicted octanol–water partition coefficient (Wildman–Crippen LogP) is 4.03. The molecule has 0 radical (unpaired) electrons. The lowest BCUT2D eigenvalue weighted by Crippen LogP contribution is -2.41. The van der Waals surface area contributed by atoms with Crippen molar-refractivity contribution in [1.29, 1.82) is 0 Å². The number of hydrogen-bond donors (Lipinski definition) is 2. The second-order valence-electron chi connectivity index (χ2n) is 7.80. The Hall–Kier alpha value is -2.68. The number of aryl methyl sites for hydroxylation is 1. The molecule has 0 aliphatic rings. The smallest absolute Gasteiger partial charge is 0.218 e. The van der Waals surface area contributed by atoms with Gasteiger partial charge in [0.15, 0.2) is 0 Å². The second-order valence-corrected chi connectivity index (χ2v) is 9.81. The number of aliphatic hydroxyl groups is 1. The van der Waals surface area contributed by atoms with E-state index in [9.17, 15) is 13.5 Å². The van der Waals surface area contributed by atoms with Gasteiger partial charge in [0.2, 0.25) is 15.9 Å². The quantitative estimate of drug-likeness (QED) is 0.521. The van der Waals surface area contributed by atoms with E-state index in [0.717, 1.165) is 22.4 Å². The first-order chi connectivity index (χ1) is 14.7. The minimum atomic E-state index is -3.35. The fraction of sp³-hybridized carbons (Fsp3) is 0.348. The molecular weight excluding hydrogens is 414 g/mol. The molecule has 0 amide bonds. The summed E-state index contributed by atoms with van der Waals surface area (Å²) in [6.07, 6.45) is 0. The number of benzene rings is 2. The van der Waals surface area contributed by atoms with Crippen LogP contribution in [0.15, 0.2) is 54.6 Å². The van der Waals surface area contributed by atoms with E-state index in [1.54, 1.807) is 23.7 Å². The van der Waals surface area contributed by atoms with Crippen LogP contribution in [0.4, 0.5) is 0 Å². The Labute approximate surface area is 183 Å². The number of rotatable bonds is 9. The van der Waals surface area contributed by atoms with E-state index in [2.05, 4.69) is 9.82 Å². The minimum Gasteiger partial charge on any atom is -0.439 e. The molecule has 0 aliphatic heterocycles. The lowest BCUT2D eigenvalue weighted by atomic mass is 9.93. The van der Waals surface area contributed by atoms with Crippen LogP contribution in [0, 0.1) is 0 Å². The summed E-state index contributed by atoms with van der Waals surface area (Å²) in [5, 5.41) is 13.8. The maximum Gasteiger partial charge on any atom is 0.218 e. The van der Waals surface area contributed by atoms with Gasteiger partial charge in [-0.15, -0.1) is 0 Å². The first-order valence-electron chi connectivity index (χ1n) is 10.3. The molecule has 0 aliphatic carbocycles. The molecule has 0 bridgehead atoms. The maximum absolute atomic E-state index is 12.1. The zero-order valence-electron chi connectivity index (χ0n) is 18.3. The molecule has 166 valence electrons. The number of nitrogens with one attached hydrogen (secondary N) is 1. The first kappa shape index (κ1) is 23.0. The zero-order chi connectivity index (χ0) is 22.6. The Morgan fingerprint density at radius 1 is 1.10 bits per heavy atom. The van der Waals surface area contributed by atoms with Gasteiger partial charge in [-0.05, 0) is 57.0 Å². The number of ether oxygens (including phenoxy) is 1. The van der Waals surface area contributed by atoms with Crippen LogP contribution in [0.1, 0.15) is 38.8 Å². The van der Waals surface area contributed by atoms with E-state index in [0.29, 0.717) is 18.2 Å². The molecule has 0 fully saturated rings. The molecule has 31 heavy (non-hydrogen) atoms. The van der Waals surface area contributed by atoms with E-state index in [1.807, 2.05) is 63.2 Å². The highest BCUT2D eigenvalue weighted by atomic mass is 32.2. The third-order valence-corrected chi connectivity index (χ3v) is 6.62. The average molecular weight is 444 g/mol. The number of aliphatic hydroxyl groups excluding tert-OH is 1. The Balaban J connectivity index is 1.90.